The van der Waals surface area contributed by atoms with Gasteiger partial charge in [-0.2, -0.15) is 0 Å². The summed E-state index contributed by atoms with van der Waals surface area (Å²) in [7, 11) is 1.73. The van der Waals surface area contributed by atoms with Gasteiger partial charge in [-0.25, -0.2) is 0 Å². The monoisotopic (exact) mass is 313 g/mol. The van der Waals surface area contributed by atoms with Crippen LogP contribution in [0.3, 0.4) is 0 Å². The number of hydrogen-bond donors (Lipinski definition) is 1. The third kappa shape index (κ3) is 3.72. The Hall–Kier alpha value is -0.540. The molecule has 0 aliphatic heterocycles. The molecule has 18 heavy (non-hydrogen) atoms. The lowest BCUT2D eigenvalue weighted by atomic mass is 9.82. The fourth-order valence-electron chi connectivity index (χ4n) is 2.07. The number of ether oxygens (including phenoxy) is 1. The number of alkyl halides is 1. The smallest absolute Gasteiger partial charge is 0.122 e. The van der Waals surface area contributed by atoms with Gasteiger partial charge < -0.3 is 10.1 Å². The summed E-state index contributed by atoms with van der Waals surface area (Å²) in [5, 5.41) is 3.35. The summed E-state index contributed by atoms with van der Waals surface area (Å²) in [6, 6.07) is 6.53. The third-order valence-corrected chi connectivity index (χ3v) is 3.69. The molecule has 0 radical (unpaired) electrons. The van der Waals surface area contributed by atoms with Gasteiger partial charge in [0.25, 0.3) is 0 Å². The van der Waals surface area contributed by atoms with E-state index in [1.54, 1.807) is 7.11 Å². The third-order valence-electron chi connectivity index (χ3n) is 3.29. The van der Waals surface area contributed by atoms with E-state index in [2.05, 4.69) is 67.1 Å². The molecule has 0 fully saturated rings. The van der Waals surface area contributed by atoms with Crippen LogP contribution in [-0.4, -0.2) is 19.1 Å². The quantitative estimate of drug-likeness (QED) is 0.632. The molecule has 1 N–H and O–H groups in total. The van der Waals surface area contributed by atoms with Crippen molar-refractivity contribution in [3.63, 3.8) is 0 Å². The number of halogens is 1. The zero-order valence-corrected chi connectivity index (χ0v) is 13.6. The van der Waals surface area contributed by atoms with Gasteiger partial charge in [-0.3, -0.25) is 0 Å². The Bertz CT molecular complexity index is 388. The highest BCUT2D eigenvalue weighted by molar-refractivity contribution is 9.09. The second-order valence-corrected chi connectivity index (χ2v) is 6.12. The van der Waals surface area contributed by atoms with Crippen molar-refractivity contribution in [3.8, 4) is 5.75 Å². The van der Waals surface area contributed by atoms with Crippen LogP contribution in [0.2, 0.25) is 0 Å². The molecule has 0 saturated carbocycles. The lowest BCUT2D eigenvalue weighted by Gasteiger charge is -2.27. The molecule has 102 valence electrons. The number of methoxy groups -OCH3 is 1. The van der Waals surface area contributed by atoms with Crippen molar-refractivity contribution < 1.29 is 4.74 Å². The van der Waals surface area contributed by atoms with Crippen LogP contribution < -0.4 is 10.1 Å². The molecule has 3 heteroatoms. The predicted octanol–water partition coefficient (Wildman–Crippen LogP) is 4.04. The van der Waals surface area contributed by atoms with Gasteiger partial charge in [-0.05, 0) is 23.1 Å². The first kappa shape index (κ1) is 15.5. The lowest BCUT2D eigenvalue weighted by Crippen LogP contribution is -2.32. The first-order valence-corrected chi connectivity index (χ1v) is 7.49. The summed E-state index contributed by atoms with van der Waals surface area (Å²) in [5.41, 5.74) is 3.56. The fraction of sp³-hybridized carbons (Fsp3) is 0.600. The van der Waals surface area contributed by atoms with Crippen molar-refractivity contribution in [2.45, 2.75) is 39.0 Å². The van der Waals surface area contributed by atoms with Gasteiger partial charge >= 0.3 is 0 Å². The Labute approximate surface area is 119 Å². The van der Waals surface area contributed by atoms with Crippen molar-refractivity contribution >= 4 is 15.9 Å². The summed E-state index contributed by atoms with van der Waals surface area (Å²) in [5.74, 6) is 1.46. The highest BCUT2D eigenvalue weighted by atomic mass is 79.9. The molecule has 0 heterocycles. The van der Waals surface area contributed by atoms with E-state index < -0.39 is 0 Å². The predicted molar refractivity (Wildman–Crippen MR) is 81.9 cm³/mol. The van der Waals surface area contributed by atoms with Crippen LogP contribution in [0.4, 0.5) is 0 Å². The highest BCUT2D eigenvalue weighted by Crippen LogP contribution is 2.32. The molecule has 0 unspecified atom stereocenters. The molecular weight excluding hydrogens is 290 g/mol. The Balaban J connectivity index is 3.07. The molecule has 0 aliphatic rings. The second-order valence-electron chi connectivity index (χ2n) is 5.56. The van der Waals surface area contributed by atoms with E-state index in [1.807, 2.05) is 0 Å². The molecule has 0 amide bonds. The van der Waals surface area contributed by atoms with E-state index in [9.17, 15) is 0 Å². The van der Waals surface area contributed by atoms with E-state index in [0.29, 0.717) is 5.92 Å². The minimum atomic E-state index is 0.115. The zero-order chi connectivity index (χ0) is 13.8. The van der Waals surface area contributed by atoms with Gasteiger partial charge in [0.15, 0.2) is 0 Å². The maximum Gasteiger partial charge on any atom is 0.122 e. The molecule has 0 saturated heterocycles. The van der Waals surface area contributed by atoms with Crippen LogP contribution in [-0.2, 0) is 5.41 Å². The summed E-state index contributed by atoms with van der Waals surface area (Å²) in [6.07, 6.45) is 0. The summed E-state index contributed by atoms with van der Waals surface area (Å²) in [4.78, 5) is 0. The molecular formula is C15H24BrNO. The van der Waals surface area contributed by atoms with E-state index in [1.165, 1.54) is 11.1 Å². The fourth-order valence-corrected chi connectivity index (χ4v) is 2.27. The number of hydrogen-bond acceptors (Lipinski definition) is 2. The van der Waals surface area contributed by atoms with Gasteiger partial charge in [-0.1, -0.05) is 55.8 Å². The average molecular weight is 314 g/mol. The minimum Gasteiger partial charge on any atom is -0.496 e. The number of benzene rings is 1. The summed E-state index contributed by atoms with van der Waals surface area (Å²) < 4.78 is 5.43. The number of rotatable bonds is 6. The number of nitrogens with one attached hydrogen (secondary N) is 1. The Morgan fingerprint density at radius 2 is 2.00 bits per heavy atom. The Kier molecular flexibility index (Phi) is 5.67. The molecule has 0 aliphatic carbocycles. The van der Waals surface area contributed by atoms with Crippen LogP contribution in [0.25, 0.3) is 0 Å². The van der Waals surface area contributed by atoms with Gasteiger partial charge in [0, 0.05) is 12.0 Å². The van der Waals surface area contributed by atoms with Crippen LogP contribution in [0, 0.1) is 0 Å². The van der Waals surface area contributed by atoms with E-state index in [-0.39, 0.29) is 5.41 Å². The zero-order valence-electron chi connectivity index (χ0n) is 12.0. The summed E-state index contributed by atoms with van der Waals surface area (Å²) in [6.45, 7) is 9.86. The molecule has 0 atom stereocenters. The van der Waals surface area contributed by atoms with Crippen LogP contribution in [0.15, 0.2) is 18.2 Å². The van der Waals surface area contributed by atoms with Gasteiger partial charge in [-0.15, -0.1) is 0 Å². The SMILES string of the molecule is COc1ccc(C(C)(C)CNCBr)cc1C(C)C. The van der Waals surface area contributed by atoms with Gasteiger partial charge in [0.2, 0.25) is 0 Å². The van der Waals surface area contributed by atoms with Crippen molar-refractivity contribution in [3.05, 3.63) is 29.3 Å². The topological polar surface area (TPSA) is 21.3 Å². The normalized spacial score (nSPS) is 11.9. The van der Waals surface area contributed by atoms with Crippen molar-refractivity contribution in [2.75, 3.05) is 19.1 Å². The van der Waals surface area contributed by atoms with Gasteiger partial charge in [0.1, 0.15) is 5.75 Å². The standard InChI is InChI=1S/C15H24BrNO/c1-11(2)13-8-12(6-7-14(13)18-5)15(3,4)9-17-10-16/h6-8,11,17H,9-10H2,1-5H3. The maximum atomic E-state index is 5.43. The average Bonchev–Trinajstić information content (AvgIpc) is 2.35. The molecule has 1 aromatic carbocycles. The molecule has 1 rings (SSSR count). The van der Waals surface area contributed by atoms with E-state index in [4.69, 9.17) is 4.74 Å². The summed E-state index contributed by atoms with van der Waals surface area (Å²) >= 11 is 3.40. The van der Waals surface area contributed by atoms with Crippen LogP contribution in [0.1, 0.15) is 44.7 Å². The van der Waals surface area contributed by atoms with Crippen molar-refractivity contribution in [2.24, 2.45) is 0 Å². The minimum absolute atomic E-state index is 0.115. The van der Waals surface area contributed by atoms with E-state index in [0.717, 1.165) is 17.7 Å². The van der Waals surface area contributed by atoms with Crippen LogP contribution >= 0.6 is 15.9 Å². The Morgan fingerprint density at radius 1 is 1.33 bits per heavy atom. The van der Waals surface area contributed by atoms with Gasteiger partial charge in [0.05, 0.1) is 12.6 Å². The lowest BCUT2D eigenvalue weighted by molar-refractivity contribution is 0.406. The second kappa shape index (κ2) is 6.58. The van der Waals surface area contributed by atoms with Crippen LogP contribution in [0.5, 0.6) is 5.75 Å². The molecule has 0 bridgehead atoms. The Morgan fingerprint density at radius 3 is 2.50 bits per heavy atom. The van der Waals surface area contributed by atoms with Crippen molar-refractivity contribution in [1.82, 2.24) is 5.32 Å². The van der Waals surface area contributed by atoms with Crippen molar-refractivity contribution in [1.29, 1.82) is 0 Å². The highest BCUT2D eigenvalue weighted by Gasteiger charge is 2.21. The molecule has 1 aromatic rings. The largest absolute Gasteiger partial charge is 0.496 e. The molecule has 0 spiro atoms. The molecule has 0 aromatic heterocycles. The first-order valence-electron chi connectivity index (χ1n) is 6.37. The first-order chi connectivity index (χ1) is 8.42. The maximum absolute atomic E-state index is 5.43. The van der Waals surface area contributed by atoms with E-state index >= 15 is 0 Å². The molecule has 2 nitrogen and oxygen atoms in total.